The maximum absolute atomic E-state index is 13.0. The van der Waals surface area contributed by atoms with E-state index >= 15 is 0 Å². The lowest BCUT2D eigenvalue weighted by molar-refractivity contribution is -0.120. The summed E-state index contributed by atoms with van der Waals surface area (Å²) in [6, 6.07) is 12.3. The largest absolute Gasteiger partial charge is 0.493 e. The van der Waals surface area contributed by atoms with Crippen LogP contribution in [-0.4, -0.2) is 59.9 Å². The monoisotopic (exact) mass is 497 g/mol. The number of nitrogens with one attached hydrogen (secondary N) is 1. The molecule has 7 heteroatoms. The van der Waals surface area contributed by atoms with E-state index in [0.29, 0.717) is 36.2 Å². The topological polar surface area (TPSA) is 61.9 Å². The lowest BCUT2D eigenvalue weighted by atomic mass is 9.96. The maximum Gasteiger partial charge on any atom is 0.254 e. The van der Waals surface area contributed by atoms with E-state index in [2.05, 4.69) is 43.1 Å². The molecule has 2 unspecified atom stereocenters. The smallest absolute Gasteiger partial charge is 0.254 e. The number of ether oxygens (including phenoxy) is 1. The van der Waals surface area contributed by atoms with Gasteiger partial charge in [-0.3, -0.25) is 14.5 Å². The normalized spacial score (nSPS) is 20.2. The van der Waals surface area contributed by atoms with Gasteiger partial charge >= 0.3 is 0 Å². The molecule has 0 radical (unpaired) electrons. The molecule has 0 aliphatic carbocycles. The Kier molecular flexibility index (Phi) is 8.02. The average molecular weight is 498 g/mol. The van der Waals surface area contributed by atoms with Crippen molar-refractivity contribution >= 4 is 23.4 Å². The SMILES string of the molecule is CCC(=O)NCCCOc1ccc([C@H](C)N2CC3CC2CN3C(=O)c2ccc(Cl)cc2)c(C)c1C. The van der Waals surface area contributed by atoms with Crippen LogP contribution in [0.4, 0.5) is 0 Å². The third-order valence-corrected chi connectivity index (χ3v) is 7.84. The van der Waals surface area contributed by atoms with E-state index in [1.165, 1.54) is 11.1 Å². The molecule has 2 fully saturated rings. The second-order valence-electron chi connectivity index (χ2n) is 9.69. The first-order valence-corrected chi connectivity index (χ1v) is 13.0. The minimum absolute atomic E-state index is 0.0726. The first kappa shape index (κ1) is 25.5. The summed E-state index contributed by atoms with van der Waals surface area (Å²) in [7, 11) is 0. The van der Waals surface area contributed by atoms with Gasteiger partial charge in [0.25, 0.3) is 5.91 Å². The number of hydrogen-bond donors (Lipinski definition) is 1. The van der Waals surface area contributed by atoms with Crippen LogP contribution < -0.4 is 10.1 Å². The van der Waals surface area contributed by atoms with Crippen LogP contribution in [0.15, 0.2) is 36.4 Å². The van der Waals surface area contributed by atoms with Crippen LogP contribution >= 0.6 is 11.6 Å². The molecule has 2 aromatic carbocycles. The molecule has 1 N–H and O–H groups in total. The molecular formula is C28H36ClN3O3. The highest BCUT2D eigenvalue weighted by molar-refractivity contribution is 6.30. The average Bonchev–Trinajstić information content (AvgIpc) is 3.47. The number of likely N-dealkylation sites (tertiary alicyclic amines) is 2. The third kappa shape index (κ3) is 5.49. The molecule has 2 bridgehead atoms. The number of amides is 2. The first-order chi connectivity index (χ1) is 16.8. The Labute approximate surface area is 213 Å². The summed E-state index contributed by atoms with van der Waals surface area (Å²) in [6.07, 6.45) is 2.32. The van der Waals surface area contributed by atoms with Gasteiger partial charge in [0.05, 0.1) is 6.61 Å². The molecule has 2 saturated heterocycles. The van der Waals surface area contributed by atoms with Crippen LogP contribution in [0.2, 0.25) is 5.02 Å². The van der Waals surface area contributed by atoms with Gasteiger partial charge in [-0.2, -0.15) is 0 Å². The van der Waals surface area contributed by atoms with Gasteiger partial charge in [0, 0.05) is 54.8 Å². The van der Waals surface area contributed by atoms with Gasteiger partial charge in [0.2, 0.25) is 5.91 Å². The van der Waals surface area contributed by atoms with E-state index in [1.54, 1.807) is 12.1 Å². The zero-order valence-electron chi connectivity index (χ0n) is 21.1. The highest BCUT2D eigenvalue weighted by Gasteiger charge is 2.47. The molecular weight excluding hydrogens is 462 g/mol. The van der Waals surface area contributed by atoms with Gasteiger partial charge in [-0.05, 0) is 80.6 Å². The Hall–Kier alpha value is -2.57. The maximum atomic E-state index is 13.0. The summed E-state index contributed by atoms with van der Waals surface area (Å²) in [6.45, 7) is 11.3. The second kappa shape index (κ2) is 11.0. The van der Waals surface area contributed by atoms with Crippen molar-refractivity contribution in [2.45, 2.75) is 65.1 Å². The summed E-state index contributed by atoms with van der Waals surface area (Å²) >= 11 is 5.98. The number of piperazine rings is 1. The first-order valence-electron chi connectivity index (χ1n) is 12.6. The van der Waals surface area contributed by atoms with E-state index in [9.17, 15) is 9.59 Å². The van der Waals surface area contributed by atoms with Crippen LogP contribution in [0.3, 0.4) is 0 Å². The van der Waals surface area contributed by atoms with Crippen molar-refractivity contribution in [1.82, 2.24) is 15.1 Å². The molecule has 0 spiro atoms. The number of benzene rings is 2. The Balaban J connectivity index is 1.35. The van der Waals surface area contributed by atoms with E-state index in [1.807, 2.05) is 24.0 Å². The third-order valence-electron chi connectivity index (χ3n) is 7.58. The number of halogens is 1. The molecule has 2 aliphatic rings. The lowest BCUT2D eigenvalue weighted by Gasteiger charge is -2.38. The molecule has 2 heterocycles. The van der Waals surface area contributed by atoms with Crippen LogP contribution in [0.5, 0.6) is 5.75 Å². The molecule has 4 rings (SSSR count). The molecule has 0 saturated carbocycles. The van der Waals surface area contributed by atoms with Gasteiger partial charge in [0.1, 0.15) is 5.75 Å². The summed E-state index contributed by atoms with van der Waals surface area (Å²) in [5.74, 6) is 1.08. The zero-order valence-corrected chi connectivity index (χ0v) is 21.9. The van der Waals surface area contributed by atoms with E-state index in [-0.39, 0.29) is 23.9 Å². The molecule has 6 nitrogen and oxygen atoms in total. The highest BCUT2D eigenvalue weighted by Crippen LogP contribution is 2.39. The Morgan fingerprint density at radius 1 is 1.09 bits per heavy atom. The van der Waals surface area contributed by atoms with Crippen molar-refractivity contribution in [3.8, 4) is 5.75 Å². The summed E-state index contributed by atoms with van der Waals surface area (Å²) < 4.78 is 6.02. The van der Waals surface area contributed by atoms with Crippen molar-refractivity contribution in [2.24, 2.45) is 0 Å². The number of carbonyl (C=O) groups excluding carboxylic acids is 2. The van der Waals surface area contributed by atoms with Crippen molar-refractivity contribution < 1.29 is 14.3 Å². The standard InChI is InChI=1S/C28H36ClN3O3/c1-5-27(33)30-13-6-14-35-26-12-11-25(18(2)19(26)3)20(4)31-16-24-15-23(31)17-32(24)28(34)21-7-9-22(29)10-8-21/h7-12,20,23-24H,5-6,13-17H2,1-4H3,(H,30,33)/t20-,23?,24?/m0/s1. The lowest BCUT2D eigenvalue weighted by Crippen LogP contribution is -2.49. The van der Waals surface area contributed by atoms with Crippen LogP contribution in [0.25, 0.3) is 0 Å². The van der Waals surface area contributed by atoms with E-state index < -0.39 is 0 Å². The molecule has 35 heavy (non-hydrogen) atoms. The van der Waals surface area contributed by atoms with Crippen molar-refractivity contribution in [1.29, 1.82) is 0 Å². The minimum Gasteiger partial charge on any atom is -0.493 e. The fraction of sp³-hybridized carbons (Fsp3) is 0.500. The quantitative estimate of drug-likeness (QED) is 0.500. The van der Waals surface area contributed by atoms with E-state index in [4.69, 9.17) is 16.3 Å². The van der Waals surface area contributed by atoms with Gasteiger partial charge in [-0.25, -0.2) is 0 Å². The predicted octanol–water partition coefficient (Wildman–Crippen LogP) is 4.91. The molecule has 2 amide bonds. The van der Waals surface area contributed by atoms with Crippen molar-refractivity contribution in [3.05, 3.63) is 63.7 Å². The summed E-state index contributed by atoms with van der Waals surface area (Å²) in [5.41, 5.74) is 4.44. The van der Waals surface area contributed by atoms with Crippen LogP contribution in [0.1, 0.15) is 66.2 Å². The van der Waals surface area contributed by atoms with Gasteiger partial charge in [0.15, 0.2) is 0 Å². The molecule has 3 atom stereocenters. The van der Waals surface area contributed by atoms with Crippen molar-refractivity contribution in [2.75, 3.05) is 26.2 Å². The zero-order chi connectivity index (χ0) is 25.1. The fourth-order valence-electron chi connectivity index (χ4n) is 5.39. The number of fused-ring (bicyclic) bond motifs is 2. The minimum atomic E-state index is 0.0726. The van der Waals surface area contributed by atoms with Gasteiger partial charge < -0.3 is 15.0 Å². The number of hydrogen-bond acceptors (Lipinski definition) is 4. The molecule has 0 aromatic heterocycles. The summed E-state index contributed by atoms with van der Waals surface area (Å²) in [5, 5.41) is 3.53. The number of rotatable bonds is 9. The van der Waals surface area contributed by atoms with Gasteiger partial charge in [-0.15, -0.1) is 0 Å². The fourth-order valence-corrected chi connectivity index (χ4v) is 5.52. The Morgan fingerprint density at radius 2 is 1.83 bits per heavy atom. The molecule has 188 valence electrons. The predicted molar refractivity (Wildman–Crippen MR) is 139 cm³/mol. The van der Waals surface area contributed by atoms with Gasteiger partial charge in [-0.1, -0.05) is 24.6 Å². The van der Waals surface area contributed by atoms with Crippen LogP contribution in [0, 0.1) is 13.8 Å². The Bertz CT molecular complexity index is 1070. The summed E-state index contributed by atoms with van der Waals surface area (Å²) in [4.78, 5) is 29.0. The number of nitrogens with zero attached hydrogens (tertiary/aromatic N) is 2. The second-order valence-corrected chi connectivity index (χ2v) is 10.1. The van der Waals surface area contributed by atoms with E-state index in [0.717, 1.165) is 37.2 Å². The molecule has 2 aliphatic heterocycles. The highest BCUT2D eigenvalue weighted by atomic mass is 35.5. The van der Waals surface area contributed by atoms with Crippen LogP contribution in [-0.2, 0) is 4.79 Å². The number of carbonyl (C=O) groups is 2. The van der Waals surface area contributed by atoms with Crippen molar-refractivity contribution in [3.63, 3.8) is 0 Å². The molecule has 2 aromatic rings. The Morgan fingerprint density at radius 3 is 2.49 bits per heavy atom.